The van der Waals surface area contributed by atoms with Crippen molar-refractivity contribution in [2.75, 3.05) is 11.9 Å². The van der Waals surface area contributed by atoms with Gasteiger partial charge < -0.3 is 10.1 Å². The lowest BCUT2D eigenvalue weighted by atomic mass is 10.0. The molecule has 0 saturated heterocycles. The summed E-state index contributed by atoms with van der Waals surface area (Å²) in [5.41, 5.74) is 1.16. The van der Waals surface area contributed by atoms with Gasteiger partial charge in [0.05, 0.1) is 17.5 Å². The van der Waals surface area contributed by atoms with E-state index in [2.05, 4.69) is 10.4 Å². The molecule has 33 heavy (non-hydrogen) atoms. The number of halogens is 2. The maximum absolute atomic E-state index is 13.1. The van der Waals surface area contributed by atoms with Gasteiger partial charge in [-0.05, 0) is 42.8 Å². The lowest BCUT2D eigenvalue weighted by Crippen LogP contribution is -2.26. The van der Waals surface area contributed by atoms with Crippen molar-refractivity contribution in [2.24, 2.45) is 7.05 Å². The average molecular weight is 502 g/mol. The number of amides is 1. The molecule has 1 N–H and O–H groups in total. The summed E-state index contributed by atoms with van der Waals surface area (Å²) in [7, 11) is 1.63. The minimum absolute atomic E-state index is 0.162. The van der Waals surface area contributed by atoms with Crippen LogP contribution >= 0.6 is 34.5 Å². The average Bonchev–Trinajstić information content (AvgIpc) is 3.20. The number of hydrogen-bond donors (Lipinski definition) is 1. The van der Waals surface area contributed by atoms with Gasteiger partial charge in [0, 0.05) is 28.0 Å². The van der Waals surface area contributed by atoms with Gasteiger partial charge in [-0.2, -0.15) is 5.10 Å². The van der Waals surface area contributed by atoms with Gasteiger partial charge in [-0.15, -0.1) is 11.3 Å². The maximum Gasteiger partial charge on any atom is 0.341 e. The molecule has 10 heteroatoms. The third kappa shape index (κ3) is 4.50. The first kappa shape index (κ1) is 23.0. The first-order valence-electron chi connectivity index (χ1n) is 9.82. The highest BCUT2D eigenvalue weighted by Gasteiger charge is 2.25. The first-order chi connectivity index (χ1) is 15.8. The van der Waals surface area contributed by atoms with Crippen LogP contribution in [0.5, 0.6) is 0 Å². The third-order valence-electron chi connectivity index (χ3n) is 4.88. The molecule has 4 rings (SSSR count). The number of anilines is 1. The van der Waals surface area contributed by atoms with Crippen LogP contribution in [-0.2, 0) is 11.8 Å². The van der Waals surface area contributed by atoms with Gasteiger partial charge in [-0.3, -0.25) is 14.3 Å². The number of carbonyl (C=O) groups is 2. The summed E-state index contributed by atoms with van der Waals surface area (Å²) in [6.07, 6.45) is 0. The zero-order valence-electron chi connectivity index (χ0n) is 17.5. The van der Waals surface area contributed by atoms with Gasteiger partial charge in [-0.1, -0.05) is 35.3 Å². The number of fused-ring (bicyclic) bond motifs is 1. The van der Waals surface area contributed by atoms with Crippen molar-refractivity contribution < 1.29 is 14.3 Å². The van der Waals surface area contributed by atoms with Crippen molar-refractivity contribution in [3.05, 3.63) is 79.4 Å². The number of thiophene rings is 1. The number of esters is 1. The number of hydrogen-bond acceptors (Lipinski definition) is 6. The molecule has 1 amide bonds. The number of carbonyl (C=O) groups excluding carboxylic acids is 2. The van der Waals surface area contributed by atoms with E-state index in [9.17, 15) is 14.4 Å². The van der Waals surface area contributed by atoms with Crippen molar-refractivity contribution in [2.45, 2.75) is 6.92 Å². The standard InChI is InChI=1S/C23H17Cl2N3O4S/c1-3-32-23(31)18-16(12-4-6-13(24)7-5-12)11-33-22(18)26-21(30)19-20(29)15-10-14(25)8-9-17(15)28(2)27-19/h4-11H,3H2,1-2H3,(H,26,30). The quantitative estimate of drug-likeness (QED) is 0.369. The molecule has 0 spiro atoms. The van der Waals surface area contributed by atoms with Gasteiger partial charge in [0.2, 0.25) is 5.43 Å². The van der Waals surface area contributed by atoms with Crippen LogP contribution < -0.4 is 10.7 Å². The lowest BCUT2D eigenvalue weighted by molar-refractivity contribution is 0.0529. The van der Waals surface area contributed by atoms with E-state index in [4.69, 9.17) is 27.9 Å². The molecule has 4 aromatic rings. The van der Waals surface area contributed by atoms with Gasteiger partial charge in [0.1, 0.15) is 10.6 Å². The van der Waals surface area contributed by atoms with E-state index < -0.39 is 17.3 Å². The fourth-order valence-electron chi connectivity index (χ4n) is 3.36. The molecule has 2 aromatic heterocycles. The summed E-state index contributed by atoms with van der Waals surface area (Å²) in [4.78, 5) is 38.8. The minimum Gasteiger partial charge on any atom is -0.462 e. The summed E-state index contributed by atoms with van der Waals surface area (Å²) in [6, 6.07) is 11.7. The largest absolute Gasteiger partial charge is 0.462 e. The van der Waals surface area contributed by atoms with Crippen LogP contribution in [-0.4, -0.2) is 28.3 Å². The molecule has 0 aliphatic rings. The van der Waals surface area contributed by atoms with E-state index >= 15 is 0 Å². The number of nitrogens with zero attached hydrogens (tertiary/aromatic N) is 2. The van der Waals surface area contributed by atoms with Crippen molar-refractivity contribution in [1.29, 1.82) is 0 Å². The Kier molecular flexibility index (Phi) is 6.51. The van der Waals surface area contributed by atoms with Gasteiger partial charge in [0.15, 0.2) is 5.69 Å². The number of aromatic nitrogens is 2. The van der Waals surface area contributed by atoms with Crippen LogP contribution in [0.4, 0.5) is 5.00 Å². The smallest absolute Gasteiger partial charge is 0.341 e. The van der Waals surface area contributed by atoms with Crippen molar-refractivity contribution >= 4 is 62.3 Å². The number of benzene rings is 2. The lowest BCUT2D eigenvalue weighted by Gasteiger charge is -2.10. The fraction of sp³-hybridized carbons (Fsp3) is 0.130. The molecule has 2 heterocycles. The SMILES string of the molecule is CCOC(=O)c1c(-c2ccc(Cl)cc2)csc1NC(=O)c1nn(C)c2ccc(Cl)cc2c1=O. The number of rotatable bonds is 5. The van der Waals surface area contributed by atoms with Crippen molar-refractivity contribution in [3.8, 4) is 11.1 Å². The predicted octanol–water partition coefficient (Wildman–Crippen LogP) is 5.40. The van der Waals surface area contributed by atoms with Gasteiger partial charge >= 0.3 is 5.97 Å². The Morgan fingerprint density at radius 3 is 2.52 bits per heavy atom. The molecule has 2 aromatic carbocycles. The van der Waals surface area contributed by atoms with Crippen molar-refractivity contribution in [3.63, 3.8) is 0 Å². The summed E-state index contributed by atoms with van der Waals surface area (Å²) in [5.74, 6) is -1.34. The molecule has 0 radical (unpaired) electrons. The predicted molar refractivity (Wildman–Crippen MR) is 131 cm³/mol. The van der Waals surface area contributed by atoms with E-state index in [1.807, 2.05) is 0 Å². The molecule has 0 saturated carbocycles. The highest BCUT2D eigenvalue weighted by Crippen LogP contribution is 2.36. The zero-order valence-corrected chi connectivity index (χ0v) is 19.8. The summed E-state index contributed by atoms with van der Waals surface area (Å²) in [6.45, 7) is 1.86. The molecular weight excluding hydrogens is 485 g/mol. The monoisotopic (exact) mass is 501 g/mol. The molecule has 0 atom stereocenters. The van der Waals surface area contributed by atoms with Crippen LogP contribution in [0.1, 0.15) is 27.8 Å². The van der Waals surface area contributed by atoms with Crippen LogP contribution in [0, 0.1) is 0 Å². The second-order valence-corrected chi connectivity index (χ2v) is 8.75. The number of ether oxygens (including phenoxy) is 1. The highest BCUT2D eigenvalue weighted by molar-refractivity contribution is 7.15. The molecule has 0 bridgehead atoms. The molecular formula is C23H17Cl2N3O4S. The van der Waals surface area contributed by atoms with E-state index in [1.165, 1.54) is 10.7 Å². The van der Waals surface area contributed by atoms with Gasteiger partial charge in [-0.25, -0.2) is 4.79 Å². The zero-order chi connectivity index (χ0) is 23.7. The van der Waals surface area contributed by atoms with E-state index in [0.717, 1.165) is 16.9 Å². The Balaban J connectivity index is 1.77. The Hall–Kier alpha value is -3.20. The Labute approximate surface area is 202 Å². The second kappa shape index (κ2) is 9.35. The topological polar surface area (TPSA) is 90.3 Å². The van der Waals surface area contributed by atoms with E-state index in [-0.39, 0.29) is 28.3 Å². The molecule has 0 unspecified atom stereocenters. The first-order valence-corrected chi connectivity index (χ1v) is 11.5. The second-order valence-electron chi connectivity index (χ2n) is 7.00. The maximum atomic E-state index is 13.1. The molecule has 7 nitrogen and oxygen atoms in total. The number of aryl methyl sites for hydroxylation is 1. The summed E-state index contributed by atoms with van der Waals surface area (Å²) < 4.78 is 6.64. The van der Waals surface area contributed by atoms with E-state index in [1.54, 1.807) is 55.7 Å². The third-order valence-corrected chi connectivity index (χ3v) is 6.27. The Bertz CT molecular complexity index is 1440. The van der Waals surface area contributed by atoms with Crippen LogP contribution in [0.2, 0.25) is 10.0 Å². The molecule has 0 aliphatic carbocycles. The normalized spacial score (nSPS) is 10.9. The Morgan fingerprint density at radius 2 is 1.82 bits per heavy atom. The summed E-state index contributed by atoms with van der Waals surface area (Å²) in [5, 5.41) is 9.97. The summed E-state index contributed by atoms with van der Waals surface area (Å²) >= 11 is 13.2. The van der Waals surface area contributed by atoms with Crippen LogP contribution in [0.3, 0.4) is 0 Å². The highest BCUT2D eigenvalue weighted by atomic mass is 35.5. The van der Waals surface area contributed by atoms with Crippen LogP contribution in [0.15, 0.2) is 52.6 Å². The minimum atomic E-state index is -0.743. The molecule has 168 valence electrons. The molecule has 0 fully saturated rings. The van der Waals surface area contributed by atoms with Gasteiger partial charge in [0.25, 0.3) is 5.91 Å². The fourth-order valence-corrected chi connectivity index (χ4v) is 4.61. The van der Waals surface area contributed by atoms with E-state index in [0.29, 0.717) is 21.1 Å². The number of nitrogens with one attached hydrogen (secondary N) is 1. The van der Waals surface area contributed by atoms with Crippen LogP contribution in [0.25, 0.3) is 22.0 Å². The van der Waals surface area contributed by atoms with Crippen molar-refractivity contribution in [1.82, 2.24) is 9.78 Å². The Morgan fingerprint density at radius 1 is 1.12 bits per heavy atom. The molecule has 0 aliphatic heterocycles.